The monoisotopic (exact) mass is 365 g/mol. The van der Waals surface area contributed by atoms with Crippen molar-refractivity contribution in [3.8, 4) is 22.2 Å². The van der Waals surface area contributed by atoms with Gasteiger partial charge in [0.05, 0.1) is 11.4 Å². The largest absolute Gasteiger partial charge is 0.347 e. The van der Waals surface area contributed by atoms with E-state index in [-0.39, 0.29) is 19.0 Å². The standard InChI is InChI=1S/C18H15N5O2S/c24-16(12-23-9-8-19-17(23)13-5-2-1-3-6-13)20-11-15-21-18(25-22-15)14-7-4-10-26-14/h1-10H,11-12H2,(H,20,24). The summed E-state index contributed by atoms with van der Waals surface area (Å²) in [5.74, 6) is 1.50. The van der Waals surface area contributed by atoms with Crippen LogP contribution in [0.3, 0.4) is 0 Å². The van der Waals surface area contributed by atoms with Crippen molar-refractivity contribution in [3.63, 3.8) is 0 Å². The Balaban J connectivity index is 1.37. The van der Waals surface area contributed by atoms with Crippen LogP contribution in [0.1, 0.15) is 5.82 Å². The van der Waals surface area contributed by atoms with Crippen LogP contribution in [0.2, 0.25) is 0 Å². The molecule has 4 rings (SSSR count). The summed E-state index contributed by atoms with van der Waals surface area (Å²) in [6.45, 7) is 0.378. The molecule has 0 saturated carbocycles. The summed E-state index contributed by atoms with van der Waals surface area (Å²) < 4.78 is 7.01. The van der Waals surface area contributed by atoms with Gasteiger partial charge >= 0.3 is 0 Å². The fraction of sp³-hybridized carbons (Fsp3) is 0.111. The molecule has 130 valence electrons. The van der Waals surface area contributed by atoms with Crippen molar-refractivity contribution in [1.82, 2.24) is 25.0 Å². The summed E-state index contributed by atoms with van der Waals surface area (Å²) in [5, 5.41) is 8.64. The van der Waals surface area contributed by atoms with E-state index in [0.717, 1.165) is 16.3 Å². The van der Waals surface area contributed by atoms with E-state index in [1.165, 1.54) is 11.3 Å². The maximum absolute atomic E-state index is 12.3. The summed E-state index contributed by atoms with van der Waals surface area (Å²) in [7, 11) is 0. The van der Waals surface area contributed by atoms with E-state index in [9.17, 15) is 4.79 Å². The quantitative estimate of drug-likeness (QED) is 0.568. The lowest BCUT2D eigenvalue weighted by atomic mass is 10.2. The Morgan fingerprint density at radius 2 is 2.08 bits per heavy atom. The zero-order valence-electron chi connectivity index (χ0n) is 13.7. The minimum atomic E-state index is -0.150. The van der Waals surface area contributed by atoms with Crippen LogP contribution in [-0.4, -0.2) is 25.6 Å². The average Bonchev–Trinajstić information content (AvgIpc) is 3.41. The van der Waals surface area contributed by atoms with E-state index in [0.29, 0.717) is 11.7 Å². The molecule has 3 aromatic heterocycles. The number of thiophene rings is 1. The number of rotatable bonds is 6. The molecule has 3 heterocycles. The third-order valence-corrected chi connectivity index (χ3v) is 4.56. The lowest BCUT2D eigenvalue weighted by molar-refractivity contribution is -0.121. The topological polar surface area (TPSA) is 85.8 Å². The van der Waals surface area contributed by atoms with Gasteiger partial charge in [-0.25, -0.2) is 4.98 Å². The summed E-state index contributed by atoms with van der Waals surface area (Å²) >= 11 is 1.52. The molecule has 0 aliphatic carbocycles. The van der Waals surface area contributed by atoms with Crippen LogP contribution in [0.15, 0.2) is 64.8 Å². The molecule has 8 heteroatoms. The highest BCUT2D eigenvalue weighted by Crippen LogP contribution is 2.22. The highest BCUT2D eigenvalue weighted by Gasteiger charge is 2.12. The predicted molar refractivity (Wildman–Crippen MR) is 97.1 cm³/mol. The SMILES string of the molecule is O=C(Cn1ccnc1-c1ccccc1)NCc1noc(-c2cccs2)n1. The molecule has 0 radical (unpaired) electrons. The Bertz CT molecular complexity index is 992. The van der Waals surface area contributed by atoms with Crippen LogP contribution in [-0.2, 0) is 17.9 Å². The fourth-order valence-electron chi connectivity index (χ4n) is 2.50. The van der Waals surface area contributed by atoms with E-state index in [2.05, 4.69) is 20.4 Å². The first-order valence-electron chi connectivity index (χ1n) is 7.99. The van der Waals surface area contributed by atoms with E-state index in [1.54, 1.807) is 17.0 Å². The van der Waals surface area contributed by atoms with Crippen LogP contribution in [0.5, 0.6) is 0 Å². The van der Waals surface area contributed by atoms with Gasteiger partial charge in [-0.05, 0) is 11.4 Å². The summed E-state index contributed by atoms with van der Waals surface area (Å²) in [6, 6.07) is 13.6. The van der Waals surface area contributed by atoms with Crippen LogP contribution in [0.25, 0.3) is 22.2 Å². The Morgan fingerprint density at radius 1 is 1.19 bits per heavy atom. The van der Waals surface area contributed by atoms with Gasteiger partial charge in [-0.3, -0.25) is 4.79 Å². The number of carbonyl (C=O) groups excluding carboxylic acids is 1. The molecule has 0 atom stereocenters. The number of benzene rings is 1. The Kier molecular flexibility index (Phi) is 4.57. The molecular formula is C18H15N5O2S. The minimum Gasteiger partial charge on any atom is -0.347 e. The normalized spacial score (nSPS) is 10.8. The van der Waals surface area contributed by atoms with E-state index < -0.39 is 0 Å². The van der Waals surface area contributed by atoms with Crippen molar-refractivity contribution in [1.29, 1.82) is 0 Å². The van der Waals surface area contributed by atoms with Crippen LogP contribution < -0.4 is 5.32 Å². The number of carbonyl (C=O) groups is 1. The Morgan fingerprint density at radius 3 is 2.88 bits per heavy atom. The Labute approximate surface area is 153 Å². The molecule has 0 saturated heterocycles. The van der Waals surface area contributed by atoms with Crippen molar-refractivity contribution in [2.75, 3.05) is 0 Å². The van der Waals surface area contributed by atoms with Crippen molar-refractivity contribution in [2.45, 2.75) is 13.1 Å². The molecule has 1 aromatic carbocycles. The number of hydrogen-bond acceptors (Lipinski definition) is 6. The summed E-state index contributed by atoms with van der Waals surface area (Å²) in [6.07, 6.45) is 3.47. The number of amides is 1. The molecule has 0 bridgehead atoms. The molecule has 0 unspecified atom stereocenters. The van der Waals surface area contributed by atoms with E-state index >= 15 is 0 Å². The minimum absolute atomic E-state index is 0.150. The molecule has 1 N–H and O–H groups in total. The van der Waals surface area contributed by atoms with Crippen LogP contribution in [0.4, 0.5) is 0 Å². The van der Waals surface area contributed by atoms with Gasteiger partial charge in [0, 0.05) is 18.0 Å². The zero-order valence-corrected chi connectivity index (χ0v) is 14.5. The molecule has 7 nitrogen and oxygen atoms in total. The molecule has 4 aromatic rings. The van der Waals surface area contributed by atoms with Crippen molar-refractivity contribution in [2.24, 2.45) is 0 Å². The molecule has 1 amide bonds. The molecule has 0 fully saturated rings. The number of imidazole rings is 1. The Hall–Kier alpha value is -3.26. The highest BCUT2D eigenvalue weighted by molar-refractivity contribution is 7.13. The number of nitrogens with one attached hydrogen (secondary N) is 1. The molecule has 0 spiro atoms. The first-order chi connectivity index (χ1) is 12.8. The van der Waals surface area contributed by atoms with Gasteiger partial charge in [0.2, 0.25) is 5.91 Å². The fourth-order valence-corrected chi connectivity index (χ4v) is 3.14. The molecular weight excluding hydrogens is 350 g/mol. The first-order valence-corrected chi connectivity index (χ1v) is 8.87. The third kappa shape index (κ3) is 3.55. The molecule has 0 aliphatic rings. The van der Waals surface area contributed by atoms with Crippen molar-refractivity contribution < 1.29 is 9.32 Å². The number of nitrogens with zero attached hydrogens (tertiary/aromatic N) is 4. The second-order valence-electron chi connectivity index (χ2n) is 5.51. The van der Waals surface area contributed by atoms with Gasteiger partial charge in [0.15, 0.2) is 5.82 Å². The average molecular weight is 365 g/mol. The second kappa shape index (κ2) is 7.32. The first kappa shape index (κ1) is 16.2. The van der Waals surface area contributed by atoms with E-state index in [4.69, 9.17) is 4.52 Å². The lowest BCUT2D eigenvalue weighted by Crippen LogP contribution is -2.27. The number of hydrogen-bond donors (Lipinski definition) is 1. The van der Waals surface area contributed by atoms with Gasteiger partial charge in [-0.2, -0.15) is 4.98 Å². The number of aromatic nitrogens is 4. The maximum atomic E-state index is 12.3. The smallest absolute Gasteiger partial charge is 0.268 e. The third-order valence-electron chi connectivity index (χ3n) is 3.71. The van der Waals surface area contributed by atoms with Gasteiger partial charge in [0.25, 0.3) is 5.89 Å². The van der Waals surface area contributed by atoms with Crippen LogP contribution in [0, 0.1) is 0 Å². The van der Waals surface area contributed by atoms with Gasteiger partial charge in [0.1, 0.15) is 12.4 Å². The van der Waals surface area contributed by atoms with E-state index in [1.807, 2.05) is 47.8 Å². The predicted octanol–water partition coefficient (Wildman–Crippen LogP) is 2.98. The van der Waals surface area contributed by atoms with Gasteiger partial charge in [-0.15, -0.1) is 11.3 Å². The van der Waals surface area contributed by atoms with Gasteiger partial charge in [-0.1, -0.05) is 41.6 Å². The van der Waals surface area contributed by atoms with Crippen LogP contribution >= 0.6 is 11.3 Å². The highest BCUT2D eigenvalue weighted by atomic mass is 32.1. The van der Waals surface area contributed by atoms with Crippen molar-refractivity contribution >= 4 is 17.2 Å². The van der Waals surface area contributed by atoms with Gasteiger partial charge < -0.3 is 14.4 Å². The zero-order chi connectivity index (χ0) is 17.8. The molecule has 0 aliphatic heterocycles. The summed E-state index contributed by atoms with van der Waals surface area (Å²) in [4.78, 5) is 21.8. The molecule has 26 heavy (non-hydrogen) atoms. The van der Waals surface area contributed by atoms with Crippen molar-refractivity contribution in [3.05, 3.63) is 66.1 Å². The summed E-state index contributed by atoms with van der Waals surface area (Å²) in [5.41, 5.74) is 0.962. The maximum Gasteiger partial charge on any atom is 0.268 e. The second-order valence-corrected chi connectivity index (χ2v) is 6.46. The lowest BCUT2D eigenvalue weighted by Gasteiger charge is -2.07.